The molecule has 24 heavy (non-hydrogen) atoms. The van der Waals surface area contributed by atoms with Crippen molar-refractivity contribution < 1.29 is 13.9 Å². The molecule has 0 unspecified atom stereocenters. The summed E-state index contributed by atoms with van der Waals surface area (Å²) in [6, 6.07) is 6.55. The highest BCUT2D eigenvalue weighted by Crippen LogP contribution is 2.31. The number of amides is 1. The molecule has 0 bridgehead atoms. The third-order valence-electron chi connectivity index (χ3n) is 4.88. The van der Waals surface area contributed by atoms with Crippen molar-refractivity contribution in [1.29, 1.82) is 0 Å². The molecule has 0 saturated carbocycles. The highest BCUT2D eigenvalue weighted by molar-refractivity contribution is 7.10. The van der Waals surface area contributed by atoms with Crippen LogP contribution in [0, 0.1) is 19.7 Å². The fraction of sp³-hybridized carbons (Fsp3) is 0.421. The van der Waals surface area contributed by atoms with E-state index in [0.29, 0.717) is 6.61 Å². The van der Waals surface area contributed by atoms with Crippen LogP contribution in [0.4, 0.5) is 4.39 Å². The molecule has 128 valence electrons. The van der Waals surface area contributed by atoms with Gasteiger partial charge in [-0.3, -0.25) is 4.79 Å². The zero-order valence-electron chi connectivity index (χ0n) is 14.2. The molecule has 1 amide bonds. The van der Waals surface area contributed by atoms with Crippen molar-refractivity contribution >= 4 is 17.2 Å². The lowest BCUT2D eigenvalue weighted by Crippen LogP contribution is -2.41. The number of aryl methyl sites for hydroxylation is 1. The minimum absolute atomic E-state index is 0.0709. The molecule has 1 aliphatic heterocycles. The Labute approximate surface area is 146 Å². The molecule has 3 nitrogen and oxygen atoms in total. The van der Waals surface area contributed by atoms with Crippen LogP contribution in [0.25, 0.3) is 0 Å². The van der Waals surface area contributed by atoms with Gasteiger partial charge in [0.15, 0.2) is 0 Å². The van der Waals surface area contributed by atoms with Crippen LogP contribution in [0.1, 0.15) is 45.3 Å². The summed E-state index contributed by atoms with van der Waals surface area (Å²) in [7, 11) is 1.87. The van der Waals surface area contributed by atoms with E-state index in [1.807, 2.05) is 31.2 Å². The van der Waals surface area contributed by atoms with Crippen LogP contribution >= 0.6 is 11.3 Å². The average molecular weight is 347 g/mol. The summed E-state index contributed by atoms with van der Waals surface area (Å²) in [4.78, 5) is 15.8. The van der Waals surface area contributed by atoms with Gasteiger partial charge in [0, 0.05) is 30.0 Å². The monoisotopic (exact) mass is 347 g/mol. The molecule has 0 N–H and O–H groups in total. The first-order valence-electron chi connectivity index (χ1n) is 8.16. The number of rotatable bonds is 3. The van der Waals surface area contributed by atoms with Gasteiger partial charge < -0.3 is 9.64 Å². The molecule has 0 spiro atoms. The summed E-state index contributed by atoms with van der Waals surface area (Å²) in [6.45, 7) is 4.64. The topological polar surface area (TPSA) is 29.5 Å². The number of carbonyl (C=O) groups is 1. The third kappa shape index (κ3) is 3.37. The molecule has 0 radical (unpaired) electrons. The Morgan fingerprint density at radius 3 is 2.62 bits per heavy atom. The van der Waals surface area contributed by atoms with Crippen LogP contribution in [0.15, 0.2) is 29.6 Å². The van der Waals surface area contributed by atoms with Gasteiger partial charge in [-0.25, -0.2) is 4.39 Å². The van der Waals surface area contributed by atoms with E-state index in [1.54, 1.807) is 23.5 Å². The number of halogens is 1. The molecule has 1 fully saturated rings. The van der Waals surface area contributed by atoms with E-state index in [1.165, 1.54) is 17.0 Å². The summed E-state index contributed by atoms with van der Waals surface area (Å²) < 4.78 is 18.9. The first kappa shape index (κ1) is 17.1. The minimum Gasteiger partial charge on any atom is -0.373 e. The Hall–Kier alpha value is -1.72. The maximum atomic E-state index is 13.1. The lowest BCUT2D eigenvalue weighted by atomic mass is 9.96. The molecule has 1 saturated heterocycles. The lowest BCUT2D eigenvalue weighted by molar-refractivity contribution is -0.0197. The van der Waals surface area contributed by atoms with E-state index in [9.17, 15) is 9.18 Å². The largest absolute Gasteiger partial charge is 0.373 e. The van der Waals surface area contributed by atoms with Crippen LogP contribution in [0.3, 0.4) is 0 Å². The summed E-state index contributed by atoms with van der Waals surface area (Å²) in [5.74, 6) is -0.177. The Morgan fingerprint density at radius 1 is 1.29 bits per heavy atom. The van der Waals surface area contributed by atoms with Crippen LogP contribution in [0.5, 0.6) is 0 Å². The molecule has 2 atom stereocenters. The molecule has 1 aliphatic rings. The van der Waals surface area contributed by atoms with E-state index < -0.39 is 0 Å². The van der Waals surface area contributed by atoms with Gasteiger partial charge in [0.2, 0.25) is 0 Å². The highest BCUT2D eigenvalue weighted by Gasteiger charge is 2.30. The fourth-order valence-corrected chi connectivity index (χ4v) is 3.98. The van der Waals surface area contributed by atoms with Gasteiger partial charge in [-0.1, -0.05) is 12.1 Å². The number of hydrogen-bond acceptors (Lipinski definition) is 3. The standard InChI is InChI=1S/C19H22FNO2S/c1-12-13(2)24-11-17(12)19(22)21(3)16-8-9-23-18(10-16)14-4-6-15(20)7-5-14/h4-7,11,16,18H,8-10H2,1-3H3/t16-,18-/m0/s1. The Morgan fingerprint density at radius 2 is 2.00 bits per heavy atom. The van der Waals surface area contributed by atoms with Gasteiger partial charge >= 0.3 is 0 Å². The van der Waals surface area contributed by atoms with Gasteiger partial charge in [0.1, 0.15) is 5.82 Å². The predicted molar refractivity (Wildman–Crippen MR) is 94.0 cm³/mol. The number of thiophene rings is 1. The normalized spacial score (nSPS) is 20.8. The second-order valence-electron chi connectivity index (χ2n) is 6.34. The van der Waals surface area contributed by atoms with Gasteiger partial charge in [-0.2, -0.15) is 0 Å². The zero-order chi connectivity index (χ0) is 17.3. The number of carbonyl (C=O) groups excluding carboxylic acids is 1. The average Bonchev–Trinajstić information content (AvgIpc) is 2.93. The van der Waals surface area contributed by atoms with Gasteiger partial charge in [-0.05, 0) is 49.9 Å². The Balaban J connectivity index is 1.73. The Kier molecular flexibility index (Phi) is 5.01. The van der Waals surface area contributed by atoms with E-state index in [0.717, 1.165) is 29.5 Å². The van der Waals surface area contributed by atoms with E-state index in [-0.39, 0.29) is 23.9 Å². The van der Waals surface area contributed by atoms with E-state index >= 15 is 0 Å². The second kappa shape index (κ2) is 7.03. The molecular formula is C19H22FNO2S. The molecule has 3 rings (SSSR count). The molecule has 1 aromatic carbocycles. The maximum Gasteiger partial charge on any atom is 0.254 e. The van der Waals surface area contributed by atoms with Crippen molar-refractivity contribution in [2.24, 2.45) is 0 Å². The highest BCUT2D eigenvalue weighted by atomic mass is 32.1. The first-order valence-corrected chi connectivity index (χ1v) is 9.04. The van der Waals surface area contributed by atoms with Crippen LogP contribution < -0.4 is 0 Å². The third-order valence-corrected chi connectivity index (χ3v) is 5.90. The zero-order valence-corrected chi connectivity index (χ0v) is 15.0. The van der Waals surface area contributed by atoms with Crippen molar-refractivity contribution in [3.05, 3.63) is 57.0 Å². The number of nitrogens with zero attached hydrogens (tertiary/aromatic N) is 1. The fourth-order valence-electron chi connectivity index (χ4n) is 3.12. The summed E-state index contributed by atoms with van der Waals surface area (Å²) in [5, 5.41) is 1.94. The van der Waals surface area contributed by atoms with Gasteiger partial charge in [0.05, 0.1) is 11.7 Å². The summed E-state index contributed by atoms with van der Waals surface area (Å²) >= 11 is 1.61. The van der Waals surface area contributed by atoms with Gasteiger partial charge in [-0.15, -0.1) is 11.3 Å². The first-order chi connectivity index (χ1) is 11.5. The van der Waals surface area contributed by atoms with Gasteiger partial charge in [0.25, 0.3) is 5.91 Å². The molecular weight excluding hydrogens is 325 g/mol. The smallest absolute Gasteiger partial charge is 0.254 e. The van der Waals surface area contributed by atoms with Crippen molar-refractivity contribution in [3.63, 3.8) is 0 Å². The molecule has 1 aromatic heterocycles. The predicted octanol–water partition coefficient (Wildman–Crippen LogP) is 4.50. The van der Waals surface area contributed by atoms with Crippen LogP contribution in [0.2, 0.25) is 0 Å². The molecule has 5 heteroatoms. The molecule has 0 aliphatic carbocycles. The Bertz CT molecular complexity index is 725. The van der Waals surface area contributed by atoms with Crippen molar-refractivity contribution in [2.75, 3.05) is 13.7 Å². The number of ether oxygens (including phenoxy) is 1. The summed E-state index contributed by atoms with van der Waals surface area (Å²) in [5.41, 5.74) is 2.83. The van der Waals surface area contributed by atoms with Crippen LogP contribution in [-0.4, -0.2) is 30.5 Å². The van der Waals surface area contributed by atoms with Crippen molar-refractivity contribution in [3.8, 4) is 0 Å². The van der Waals surface area contributed by atoms with Crippen LogP contribution in [-0.2, 0) is 4.74 Å². The number of benzene rings is 1. The molecule has 2 heterocycles. The van der Waals surface area contributed by atoms with Crippen molar-refractivity contribution in [1.82, 2.24) is 4.90 Å². The second-order valence-corrected chi connectivity index (χ2v) is 7.42. The lowest BCUT2D eigenvalue weighted by Gasteiger charge is -2.35. The minimum atomic E-state index is -0.248. The number of hydrogen-bond donors (Lipinski definition) is 0. The van der Waals surface area contributed by atoms with Crippen molar-refractivity contribution in [2.45, 2.75) is 38.8 Å². The van der Waals surface area contributed by atoms with E-state index in [2.05, 4.69) is 0 Å². The molecule has 2 aromatic rings. The quantitative estimate of drug-likeness (QED) is 0.818. The SMILES string of the molecule is Cc1scc(C(=O)N(C)[C@H]2CCO[C@H](c3ccc(F)cc3)C2)c1C. The maximum absolute atomic E-state index is 13.1. The summed E-state index contributed by atoms with van der Waals surface area (Å²) in [6.07, 6.45) is 1.46. The van der Waals surface area contributed by atoms with E-state index in [4.69, 9.17) is 4.74 Å².